The monoisotopic (exact) mass is 563 g/mol. The van der Waals surface area contributed by atoms with E-state index in [1.807, 2.05) is 70.7 Å². The molecule has 2 aromatic carbocycles. The van der Waals surface area contributed by atoms with Crippen molar-refractivity contribution in [3.05, 3.63) is 82.0 Å². The number of rotatable bonds is 9. The van der Waals surface area contributed by atoms with E-state index in [0.717, 1.165) is 16.8 Å². The summed E-state index contributed by atoms with van der Waals surface area (Å²) in [6.07, 6.45) is 0.188. The van der Waals surface area contributed by atoms with E-state index in [1.165, 1.54) is 11.8 Å². The first-order chi connectivity index (χ1) is 19.5. The second-order valence-corrected chi connectivity index (χ2v) is 10.3. The summed E-state index contributed by atoms with van der Waals surface area (Å²) in [6.45, 7) is 6.43. The number of amides is 1. The average Bonchev–Trinajstić information content (AvgIpc) is 3.37. The zero-order chi connectivity index (χ0) is 28.1. The van der Waals surface area contributed by atoms with Gasteiger partial charge in [0.05, 0.1) is 50.7 Å². The number of fused-ring (bicyclic) bond motifs is 1. The number of amidine groups is 1. The first-order valence-corrected chi connectivity index (χ1v) is 14.2. The molecular formula is C30H33N3O6S. The fraction of sp³-hybridized carbons (Fsp3) is 0.367. The Labute approximate surface area is 238 Å². The van der Waals surface area contributed by atoms with Crippen LogP contribution in [0, 0.1) is 0 Å². The quantitative estimate of drug-likeness (QED) is 0.407. The van der Waals surface area contributed by atoms with Crippen molar-refractivity contribution >= 4 is 28.8 Å². The fourth-order valence-electron chi connectivity index (χ4n) is 4.94. The van der Waals surface area contributed by atoms with Crippen LogP contribution in [0.25, 0.3) is 0 Å². The summed E-state index contributed by atoms with van der Waals surface area (Å²) < 4.78 is 22.7. The van der Waals surface area contributed by atoms with Gasteiger partial charge < -0.3 is 28.7 Å². The molecule has 3 aliphatic heterocycles. The van der Waals surface area contributed by atoms with Crippen molar-refractivity contribution in [2.75, 3.05) is 40.0 Å². The summed E-state index contributed by atoms with van der Waals surface area (Å²) in [5, 5.41) is 2.66. The lowest BCUT2D eigenvalue weighted by Crippen LogP contribution is -2.42. The van der Waals surface area contributed by atoms with Gasteiger partial charge in [-0.2, -0.15) is 0 Å². The standard InChI is InChI=1S/C30H33N3O6S/c1-4-38-29(35)27-20(2)31-30-33(23(19-40-30)17-26(34)32-12-14-37-15-13-32)28(27)22-10-11-24(25(16-22)36-3)39-18-21-8-6-5-7-9-21/h5-11,16,19,28H,4,12-15,17-18H2,1-3H3. The van der Waals surface area contributed by atoms with Crippen molar-refractivity contribution in [1.29, 1.82) is 0 Å². The molecule has 10 heteroatoms. The number of hydrogen-bond donors (Lipinski definition) is 0. The first-order valence-electron chi connectivity index (χ1n) is 13.3. The third kappa shape index (κ3) is 5.88. The lowest BCUT2D eigenvalue weighted by Gasteiger charge is -2.37. The molecule has 0 spiro atoms. The van der Waals surface area contributed by atoms with E-state index in [9.17, 15) is 9.59 Å². The van der Waals surface area contributed by atoms with Gasteiger partial charge in [-0.25, -0.2) is 9.79 Å². The van der Waals surface area contributed by atoms with Crippen molar-refractivity contribution < 1.29 is 28.5 Å². The van der Waals surface area contributed by atoms with E-state index in [0.29, 0.717) is 60.8 Å². The molecule has 40 heavy (non-hydrogen) atoms. The van der Waals surface area contributed by atoms with E-state index < -0.39 is 12.0 Å². The number of carbonyl (C=O) groups is 2. The highest BCUT2D eigenvalue weighted by molar-refractivity contribution is 8.16. The van der Waals surface area contributed by atoms with Crippen molar-refractivity contribution in [3.63, 3.8) is 0 Å². The Morgan fingerprint density at radius 3 is 2.60 bits per heavy atom. The van der Waals surface area contributed by atoms with Crippen LogP contribution >= 0.6 is 11.8 Å². The molecule has 0 aliphatic carbocycles. The number of ether oxygens (including phenoxy) is 4. The Morgan fingerprint density at radius 1 is 1.10 bits per heavy atom. The molecule has 1 atom stereocenters. The molecule has 0 saturated carbocycles. The number of hydrogen-bond acceptors (Lipinski definition) is 9. The van der Waals surface area contributed by atoms with Crippen molar-refractivity contribution in [3.8, 4) is 11.5 Å². The van der Waals surface area contributed by atoms with E-state index in [4.69, 9.17) is 23.9 Å². The Hall–Kier alpha value is -3.76. The Morgan fingerprint density at radius 2 is 1.88 bits per heavy atom. The van der Waals surface area contributed by atoms with Gasteiger partial charge in [-0.3, -0.25) is 4.79 Å². The van der Waals surface area contributed by atoms with Crippen LogP contribution in [0.3, 0.4) is 0 Å². The second kappa shape index (κ2) is 12.6. The smallest absolute Gasteiger partial charge is 0.338 e. The average molecular weight is 564 g/mol. The van der Waals surface area contributed by atoms with Crippen LogP contribution in [-0.4, -0.2) is 66.9 Å². The molecule has 9 nitrogen and oxygen atoms in total. The highest BCUT2D eigenvalue weighted by Gasteiger charge is 2.41. The Bertz CT molecular complexity index is 1350. The molecule has 0 radical (unpaired) electrons. The lowest BCUT2D eigenvalue weighted by atomic mass is 9.93. The van der Waals surface area contributed by atoms with Crippen LogP contribution in [0.5, 0.6) is 11.5 Å². The van der Waals surface area contributed by atoms with Crippen LogP contribution in [0.1, 0.15) is 37.4 Å². The predicted octanol–water partition coefficient (Wildman–Crippen LogP) is 4.66. The molecule has 2 aromatic rings. The van der Waals surface area contributed by atoms with E-state index in [-0.39, 0.29) is 18.9 Å². The maximum absolute atomic E-state index is 13.3. The molecule has 0 aromatic heterocycles. The Balaban J connectivity index is 1.47. The van der Waals surface area contributed by atoms with Gasteiger partial charge in [-0.15, -0.1) is 0 Å². The normalized spacial score (nSPS) is 18.6. The third-order valence-corrected chi connectivity index (χ3v) is 7.82. The van der Waals surface area contributed by atoms with E-state index >= 15 is 0 Å². The number of esters is 1. The number of benzene rings is 2. The summed E-state index contributed by atoms with van der Waals surface area (Å²) >= 11 is 1.45. The van der Waals surface area contributed by atoms with Gasteiger partial charge in [-0.05, 0) is 42.5 Å². The number of allylic oxidation sites excluding steroid dienone is 1. The minimum Gasteiger partial charge on any atom is -0.493 e. The summed E-state index contributed by atoms with van der Waals surface area (Å²) in [6, 6.07) is 15.0. The lowest BCUT2D eigenvalue weighted by molar-refractivity contribution is -0.139. The van der Waals surface area contributed by atoms with Crippen molar-refractivity contribution in [2.24, 2.45) is 4.99 Å². The second-order valence-electron chi connectivity index (χ2n) is 9.47. The molecule has 1 amide bonds. The fourth-order valence-corrected chi connectivity index (χ4v) is 5.91. The zero-order valence-electron chi connectivity index (χ0n) is 22.9. The zero-order valence-corrected chi connectivity index (χ0v) is 23.7. The molecule has 1 fully saturated rings. The van der Waals surface area contributed by atoms with E-state index in [2.05, 4.69) is 0 Å². The highest BCUT2D eigenvalue weighted by atomic mass is 32.2. The van der Waals surface area contributed by atoms with Gasteiger partial charge in [0.25, 0.3) is 0 Å². The summed E-state index contributed by atoms with van der Waals surface area (Å²) in [4.78, 5) is 35.0. The predicted molar refractivity (Wildman–Crippen MR) is 153 cm³/mol. The van der Waals surface area contributed by atoms with Crippen LogP contribution < -0.4 is 9.47 Å². The molecule has 5 rings (SSSR count). The van der Waals surface area contributed by atoms with Gasteiger partial charge >= 0.3 is 5.97 Å². The number of morpholine rings is 1. The molecule has 3 aliphatic rings. The van der Waals surface area contributed by atoms with Crippen LogP contribution in [0.15, 0.2) is 75.9 Å². The van der Waals surface area contributed by atoms with Crippen molar-refractivity contribution in [2.45, 2.75) is 32.9 Å². The van der Waals surface area contributed by atoms with Crippen molar-refractivity contribution in [1.82, 2.24) is 9.80 Å². The minimum atomic E-state index is -0.553. The van der Waals surface area contributed by atoms with Crippen LogP contribution in [0.2, 0.25) is 0 Å². The number of methoxy groups -OCH3 is 1. The number of aliphatic imine (C=N–C) groups is 1. The SMILES string of the molecule is CCOC(=O)C1=C(C)N=C2SC=C(CC(=O)N3CCOCC3)N2C1c1ccc(OCc2ccccc2)c(OC)c1. The van der Waals surface area contributed by atoms with E-state index in [1.54, 1.807) is 14.0 Å². The summed E-state index contributed by atoms with van der Waals surface area (Å²) in [5.74, 6) is 0.709. The summed E-state index contributed by atoms with van der Waals surface area (Å²) in [7, 11) is 1.59. The Kier molecular flexibility index (Phi) is 8.76. The third-order valence-electron chi connectivity index (χ3n) is 6.93. The number of nitrogens with zero attached hydrogens (tertiary/aromatic N) is 3. The largest absolute Gasteiger partial charge is 0.493 e. The molecule has 0 N–H and O–H groups in total. The molecule has 1 saturated heterocycles. The molecular weight excluding hydrogens is 530 g/mol. The van der Waals surface area contributed by atoms with Gasteiger partial charge in [0, 0.05) is 18.8 Å². The highest BCUT2D eigenvalue weighted by Crippen LogP contribution is 2.46. The summed E-state index contributed by atoms with van der Waals surface area (Å²) in [5.41, 5.74) is 3.63. The molecule has 0 bridgehead atoms. The molecule has 210 valence electrons. The molecule has 3 heterocycles. The van der Waals surface area contributed by atoms with Gasteiger partial charge in [0.1, 0.15) is 6.61 Å². The minimum absolute atomic E-state index is 0.0151. The topological polar surface area (TPSA) is 89.9 Å². The number of thioether (sulfide) groups is 1. The number of carbonyl (C=O) groups excluding carboxylic acids is 2. The maximum Gasteiger partial charge on any atom is 0.338 e. The maximum atomic E-state index is 13.3. The molecule has 1 unspecified atom stereocenters. The van der Waals surface area contributed by atoms with Gasteiger partial charge in [0.2, 0.25) is 5.91 Å². The van der Waals surface area contributed by atoms with Crippen LogP contribution in [0.4, 0.5) is 0 Å². The first kappa shape index (κ1) is 27.8. The van der Waals surface area contributed by atoms with Gasteiger partial charge in [-0.1, -0.05) is 48.2 Å². The van der Waals surface area contributed by atoms with Gasteiger partial charge in [0.15, 0.2) is 16.7 Å². The van der Waals surface area contributed by atoms with Crippen LogP contribution in [-0.2, 0) is 25.7 Å².